The summed E-state index contributed by atoms with van der Waals surface area (Å²) in [5.74, 6) is 0. The fraction of sp³-hybridized carbons (Fsp3) is 0.636. The summed E-state index contributed by atoms with van der Waals surface area (Å²) in [5.41, 5.74) is 1.25. The Bertz CT molecular complexity index is 280. The standard InChI is InChI=1S/C11H18N4/c1-2-10-8-13-6-4-12-5-7-14-9-11(3-1)15-10/h4,6,8,11,14-15H,1-3,5,7,9H2. The van der Waals surface area contributed by atoms with Crippen molar-refractivity contribution in [2.45, 2.75) is 25.3 Å². The van der Waals surface area contributed by atoms with Crippen LogP contribution in [0.1, 0.15) is 19.3 Å². The summed E-state index contributed by atoms with van der Waals surface area (Å²) in [5, 5.41) is 6.92. The minimum Gasteiger partial charge on any atom is -0.383 e. The molecule has 2 heterocycles. The number of hydrogen-bond donors (Lipinski definition) is 2. The smallest absolute Gasteiger partial charge is 0.0514 e. The van der Waals surface area contributed by atoms with Crippen LogP contribution in [0.4, 0.5) is 0 Å². The number of nitrogens with zero attached hydrogens (tertiary/aromatic N) is 2. The zero-order valence-electron chi connectivity index (χ0n) is 8.95. The number of rotatable bonds is 0. The first kappa shape index (κ1) is 10.4. The van der Waals surface area contributed by atoms with Crippen molar-refractivity contribution in [2.75, 3.05) is 19.6 Å². The molecule has 2 aliphatic rings. The van der Waals surface area contributed by atoms with Gasteiger partial charge in [0.05, 0.1) is 6.54 Å². The lowest BCUT2D eigenvalue weighted by molar-refractivity contribution is 0.426. The summed E-state index contributed by atoms with van der Waals surface area (Å²) in [6.07, 6.45) is 9.05. The summed E-state index contributed by atoms with van der Waals surface area (Å²) in [6.45, 7) is 2.80. The van der Waals surface area contributed by atoms with Crippen LogP contribution >= 0.6 is 0 Å². The Hall–Kier alpha value is -1.16. The second-order valence-corrected chi connectivity index (χ2v) is 3.95. The van der Waals surface area contributed by atoms with Gasteiger partial charge in [0.2, 0.25) is 0 Å². The lowest BCUT2D eigenvalue weighted by Gasteiger charge is -2.26. The van der Waals surface area contributed by atoms with E-state index in [1.54, 1.807) is 12.4 Å². The molecule has 2 rings (SSSR count). The maximum Gasteiger partial charge on any atom is 0.0514 e. The number of piperidine rings is 1. The predicted molar refractivity (Wildman–Crippen MR) is 63.6 cm³/mol. The SMILES string of the molecule is C1=NC=C2CCCC(CNCCN=C1)N2. The van der Waals surface area contributed by atoms with Gasteiger partial charge in [-0.1, -0.05) is 0 Å². The Morgan fingerprint density at radius 1 is 1.33 bits per heavy atom. The molecule has 1 fully saturated rings. The molecule has 0 aliphatic carbocycles. The van der Waals surface area contributed by atoms with E-state index in [2.05, 4.69) is 20.6 Å². The van der Waals surface area contributed by atoms with Crippen LogP contribution in [0.25, 0.3) is 0 Å². The van der Waals surface area contributed by atoms with Crippen molar-refractivity contribution >= 4 is 12.4 Å². The van der Waals surface area contributed by atoms with Gasteiger partial charge in [-0.25, -0.2) is 0 Å². The molecular weight excluding hydrogens is 188 g/mol. The first-order chi connectivity index (χ1) is 7.45. The average molecular weight is 206 g/mol. The molecule has 0 aromatic heterocycles. The van der Waals surface area contributed by atoms with Crippen LogP contribution in [0.15, 0.2) is 21.9 Å². The normalized spacial score (nSPS) is 27.2. The van der Waals surface area contributed by atoms with Gasteiger partial charge >= 0.3 is 0 Å². The predicted octanol–water partition coefficient (Wildman–Crippen LogP) is 0.715. The zero-order chi connectivity index (χ0) is 10.3. The van der Waals surface area contributed by atoms with E-state index in [0.29, 0.717) is 6.04 Å². The Morgan fingerprint density at radius 3 is 3.33 bits per heavy atom. The lowest BCUT2D eigenvalue weighted by atomic mass is 10.0. The molecule has 2 bridgehead atoms. The molecule has 2 aliphatic heterocycles. The van der Waals surface area contributed by atoms with E-state index >= 15 is 0 Å². The number of allylic oxidation sites excluding steroid dienone is 1. The Kier molecular flexibility index (Phi) is 3.91. The van der Waals surface area contributed by atoms with Crippen LogP contribution in [0.5, 0.6) is 0 Å². The average Bonchev–Trinajstić information content (AvgIpc) is 2.26. The van der Waals surface area contributed by atoms with Gasteiger partial charge in [-0.05, 0) is 19.3 Å². The van der Waals surface area contributed by atoms with Crippen LogP contribution in [-0.4, -0.2) is 38.1 Å². The minimum absolute atomic E-state index is 0.559. The van der Waals surface area contributed by atoms with Crippen LogP contribution in [-0.2, 0) is 0 Å². The highest BCUT2D eigenvalue weighted by Gasteiger charge is 2.14. The fourth-order valence-electron chi connectivity index (χ4n) is 1.91. The summed E-state index contributed by atoms with van der Waals surface area (Å²) < 4.78 is 0. The topological polar surface area (TPSA) is 48.8 Å². The van der Waals surface area contributed by atoms with E-state index < -0.39 is 0 Å². The van der Waals surface area contributed by atoms with Crippen LogP contribution in [0.2, 0.25) is 0 Å². The van der Waals surface area contributed by atoms with E-state index in [9.17, 15) is 0 Å². The van der Waals surface area contributed by atoms with Gasteiger partial charge in [-0.3, -0.25) is 9.98 Å². The number of aliphatic imine (C=N–C) groups is 2. The van der Waals surface area contributed by atoms with Crippen molar-refractivity contribution < 1.29 is 0 Å². The minimum atomic E-state index is 0.559. The number of nitrogens with one attached hydrogen (secondary N) is 2. The molecule has 4 heteroatoms. The van der Waals surface area contributed by atoms with Crippen LogP contribution in [0, 0.1) is 0 Å². The third kappa shape index (κ3) is 3.47. The van der Waals surface area contributed by atoms with E-state index in [1.807, 2.05) is 6.20 Å². The summed E-state index contributed by atoms with van der Waals surface area (Å²) in [4.78, 5) is 8.42. The van der Waals surface area contributed by atoms with Crippen molar-refractivity contribution in [1.29, 1.82) is 0 Å². The quantitative estimate of drug-likeness (QED) is 0.613. The summed E-state index contributed by atoms with van der Waals surface area (Å²) in [7, 11) is 0. The molecule has 1 atom stereocenters. The van der Waals surface area contributed by atoms with E-state index in [0.717, 1.165) is 26.1 Å². The molecule has 0 saturated carbocycles. The molecule has 0 amide bonds. The van der Waals surface area contributed by atoms with Crippen molar-refractivity contribution in [3.63, 3.8) is 0 Å². The third-order valence-electron chi connectivity index (χ3n) is 2.69. The molecule has 0 radical (unpaired) electrons. The van der Waals surface area contributed by atoms with E-state index in [1.165, 1.54) is 18.5 Å². The Balaban J connectivity index is 2.02. The van der Waals surface area contributed by atoms with Crippen molar-refractivity contribution in [3.05, 3.63) is 11.9 Å². The molecule has 4 nitrogen and oxygen atoms in total. The van der Waals surface area contributed by atoms with Gasteiger partial charge in [-0.15, -0.1) is 0 Å². The second-order valence-electron chi connectivity index (χ2n) is 3.95. The van der Waals surface area contributed by atoms with Crippen molar-refractivity contribution in [2.24, 2.45) is 9.98 Å². The molecular formula is C11H18N4. The highest BCUT2D eigenvalue weighted by Crippen LogP contribution is 2.14. The largest absolute Gasteiger partial charge is 0.383 e. The van der Waals surface area contributed by atoms with Gasteiger partial charge in [0.25, 0.3) is 0 Å². The molecule has 0 spiro atoms. The highest BCUT2D eigenvalue weighted by atomic mass is 15.0. The van der Waals surface area contributed by atoms with E-state index in [4.69, 9.17) is 0 Å². The van der Waals surface area contributed by atoms with Crippen LogP contribution < -0.4 is 10.6 Å². The highest BCUT2D eigenvalue weighted by molar-refractivity contribution is 6.16. The van der Waals surface area contributed by atoms with Crippen molar-refractivity contribution in [3.8, 4) is 0 Å². The first-order valence-corrected chi connectivity index (χ1v) is 5.63. The number of hydrogen-bond acceptors (Lipinski definition) is 4. The van der Waals surface area contributed by atoms with Crippen LogP contribution in [0.3, 0.4) is 0 Å². The third-order valence-corrected chi connectivity index (χ3v) is 2.69. The second kappa shape index (κ2) is 5.66. The summed E-state index contributed by atoms with van der Waals surface area (Å²) >= 11 is 0. The molecule has 82 valence electrons. The van der Waals surface area contributed by atoms with Gasteiger partial charge in [0.15, 0.2) is 0 Å². The molecule has 15 heavy (non-hydrogen) atoms. The Labute approximate surface area is 90.6 Å². The summed E-state index contributed by atoms with van der Waals surface area (Å²) in [6, 6.07) is 0.559. The zero-order valence-corrected chi connectivity index (χ0v) is 8.95. The lowest BCUT2D eigenvalue weighted by Crippen LogP contribution is -2.41. The first-order valence-electron chi connectivity index (χ1n) is 5.63. The molecule has 1 unspecified atom stereocenters. The van der Waals surface area contributed by atoms with Gasteiger partial charge in [0.1, 0.15) is 0 Å². The van der Waals surface area contributed by atoms with Gasteiger partial charge < -0.3 is 10.6 Å². The molecule has 1 saturated heterocycles. The fourth-order valence-corrected chi connectivity index (χ4v) is 1.91. The monoisotopic (exact) mass is 206 g/mol. The molecule has 0 aromatic rings. The van der Waals surface area contributed by atoms with E-state index in [-0.39, 0.29) is 0 Å². The van der Waals surface area contributed by atoms with Gasteiger partial charge in [-0.2, -0.15) is 0 Å². The maximum absolute atomic E-state index is 4.21. The Morgan fingerprint density at radius 2 is 2.33 bits per heavy atom. The number of fused-ring (bicyclic) bond motifs is 2. The maximum atomic E-state index is 4.21. The van der Waals surface area contributed by atoms with Crippen molar-refractivity contribution in [1.82, 2.24) is 10.6 Å². The van der Waals surface area contributed by atoms with Gasteiger partial charge in [0, 0.05) is 43.5 Å². The molecule has 2 N–H and O–H groups in total. The molecule has 0 aromatic carbocycles.